The monoisotopic (exact) mass is 427 g/mol. The zero-order valence-corrected chi connectivity index (χ0v) is 17.6. The van der Waals surface area contributed by atoms with Crippen molar-refractivity contribution in [2.75, 3.05) is 13.2 Å². The number of rotatable bonds is 6. The highest BCUT2D eigenvalue weighted by atomic mass is 35.5. The van der Waals surface area contributed by atoms with E-state index in [1.54, 1.807) is 6.20 Å². The molecule has 2 atom stereocenters. The SMILES string of the molecule is Cc1ccc(-c2ccc(C3C(c4ccccn4)NC(=S)N3CCCO)o2)cc1Cl. The van der Waals surface area contributed by atoms with Gasteiger partial charge in [-0.2, -0.15) is 0 Å². The van der Waals surface area contributed by atoms with Gasteiger partial charge in [-0.1, -0.05) is 29.8 Å². The molecule has 3 aromatic rings. The highest BCUT2D eigenvalue weighted by Crippen LogP contribution is 2.40. The Morgan fingerprint density at radius 3 is 2.83 bits per heavy atom. The normalized spacial score (nSPS) is 18.9. The van der Waals surface area contributed by atoms with Gasteiger partial charge in [0.1, 0.15) is 17.6 Å². The number of furan rings is 1. The lowest BCUT2D eigenvalue weighted by molar-refractivity contribution is 0.233. The molecule has 5 nitrogen and oxygen atoms in total. The molecule has 0 amide bonds. The lowest BCUT2D eigenvalue weighted by atomic mass is 10.0. The lowest BCUT2D eigenvalue weighted by Crippen LogP contribution is -2.30. The minimum Gasteiger partial charge on any atom is -0.459 e. The number of benzene rings is 1. The summed E-state index contributed by atoms with van der Waals surface area (Å²) in [5, 5.41) is 14.0. The van der Waals surface area contributed by atoms with Crippen LogP contribution in [-0.4, -0.2) is 33.3 Å². The number of halogens is 1. The van der Waals surface area contributed by atoms with Crippen LogP contribution in [0.1, 0.15) is 35.5 Å². The second-order valence-electron chi connectivity index (χ2n) is 7.06. The molecule has 0 saturated carbocycles. The number of thiocarbonyl (C=S) groups is 1. The Hall–Kier alpha value is -2.41. The first-order valence-electron chi connectivity index (χ1n) is 9.53. The Balaban J connectivity index is 1.71. The van der Waals surface area contributed by atoms with Gasteiger partial charge in [0.25, 0.3) is 0 Å². The minimum atomic E-state index is -0.154. The van der Waals surface area contributed by atoms with E-state index in [9.17, 15) is 5.11 Å². The number of aryl methyl sites for hydroxylation is 1. The molecule has 1 saturated heterocycles. The van der Waals surface area contributed by atoms with Crippen molar-refractivity contribution in [3.8, 4) is 11.3 Å². The van der Waals surface area contributed by atoms with Crippen LogP contribution >= 0.6 is 23.8 Å². The number of nitrogens with one attached hydrogen (secondary N) is 1. The van der Waals surface area contributed by atoms with Gasteiger partial charge in [-0.05, 0) is 61.5 Å². The second-order valence-corrected chi connectivity index (χ2v) is 7.86. The molecular formula is C22H22ClN3O2S. The molecule has 2 N–H and O–H groups in total. The van der Waals surface area contributed by atoms with Crippen molar-refractivity contribution in [1.29, 1.82) is 0 Å². The fourth-order valence-corrected chi connectivity index (χ4v) is 4.12. The molecule has 1 aliphatic heterocycles. The van der Waals surface area contributed by atoms with Crippen LogP contribution in [0.15, 0.2) is 59.1 Å². The maximum Gasteiger partial charge on any atom is 0.170 e. The average Bonchev–Trinajstić information content (AvgIpc) is 3.34. The Kier molecular flexibility index (Phi) is 5.85. The summed E-state index contributed by atoms with van der Waals surface area (Å²) in [4.78, 5) is 6.58. The smallest absolute Gasteiger partial charge is 0.170 e. The van der Waals surface area contributed by atoms with Crippen molar-refractivity contribution in [2.45, 2.75) is 25.4 Å². The van der Waals surface area contributed by atoms with E-state index in [4.69, 9.17) is 28.2 Å². The zero-order valence-electron chi connectivity index (χ0n) is 16.0. The molecule has 3 heterocycles. The molecule has 0 spiro atoms. The van der Waals surface area contributed by atoms with Crippen molar-refractivity contribution < 1.29 is 9.52 Å². The van der Waals surface area contributed by atoms with Crippen LogP contribution in [0.25, 0.3) is 11.3 Å². The molecule has 29 heavy (non-hydrogen) atoms. The van der Waals surface area contributed by atoms with E-state index >= 15 is 0 Å². The number of nitrogens with zero attached hydrogens (tertiary/aromatic N) is 2. The maximum absolute atomic E-state index is 9.32. The largest absolute Gasteiger partial charge is 0.459 e. The summed E-state index contributed by atoms with van der Waals surface area (Å²) in [7, 11) is 0. The van der Waals surface area contributed by atoms with Crippen LogP contribution in [0.4, 0.5) is 0 Å². The van der Waals surface area contributed by atoms with E-state index in [2.05, 4.69) is 15.2 Å². The second kappa shape index (κ2) is 8.53. The first-order chi connectivity index (χ1) is 14.1. The predicted molar refractivity (Wildman–Crippen MR) is 118 cm³/mol. The maximum atomic E-state index is 9.32. The molecule has 1 aromatic carbocycles. The van der Waals surface area contributed by atoms with E-state index in [0.29, 0.717) is 23.1 Å². The van der Waals surface area contributed by atoms with Crippen molar-refractivity contribution in [3.05, 3.63) is 76.8 Å². The van der Waals surface area contributed by atoms with Crippen molar-refractivity contribution in [1.82, 2.24) is 15.2 Å². The summed E-state index contributed by atoms with van der Waals surface area (Å²) in [5.41, 5.74) is 2.84. The fraction of sp³-hybridized carbons (Fsp3) is 0.273. The summed E-state index contributed by atoms with van der Waals surface area (Å²) < 4.78 is 6.27. The van der Waals surface area contributed by atoms with Crippen LogP contribution < -0.4 is 5.32 Å². The summed E-state index contributed by atoms with van der Waals surface area (Å²) in [6.07, 6.45) is 2.39. The third kappa shape index (κ3) is 4.01. The first kappa shape index (κ1) is 19.9. The molecule has 7 heteroatoms. The average molecular weight is 428 g/mol. The topological polar surface area (TPSA) is 61.5 Å². The van der Waals surface area contributed by atoms with Gasteiger partial charge in [-0.25, -0.2) is 0 Å². The van der Waals surface area contributed by atoms with Crippen LogP contribution in [0.5, 0.6) is 0 Å². The number of pyridine rings is 1. The molecule has 150 valence electrons. The molecule has 0 aliphatic carbocycles. The summed E-state index contributed by atoms with van der Waals surface area (Å²) in [6.45, 7) is 2.70. The first-order valence-corrected chi connectivity index (χ1v) is 10.3. The number of hydrogen-bond acceptors (Lipinski definition) is 4. The van der Waals surface area contributed by atoms with Gasteiger partial charge in [0, 0.05) is 29.9 Å². The summed E-state index contributed by atoms with van der Waals surface area (Å²) >= 11 is 11.9. The Bertz CT molecular complexity index is 1010. The van der Waals surface area contributed by atoms with Crippen LogP contribution in [0.2, 0.25) is 5.02 Å². The quantitative estimate of drug-likeness (QED) is 0.558. The number of aliphatic hydroxyl groups is 1. The molecule has 2 unspecified atom stereocenters. The number of aromatic nitrogens is 1. The van der Waals surface area contributed by atoms with Crippen LogP contribution in [0, 0.1) is 6.92 Å². The van der Waals surface area contributed by atoms with Gasteiger partial charge in [-0.3, -0.25) is 4.98 Å². The van der Waals surface area contributed by atoms with E-state index in [1.165, 1.54) is 0 Å². The molecule has 2 aromatic heterocycles. The molecule has 0 bridgehead atoms. The standard InChI is InChI=1S/C22H22ClN3O2S/c1-14-6-7-15(13-16(14)23)18-8-9-19(28-18)21-20(17-5-2-3-10-24-17)25-22(29)26(21)11-4-12-27/h2-3,5-10,13,20-21,27H,4,11-12H2,1H3,(H,25,29). The third-order valence-corrected chi connectivity index (χ3v) is 5.89. The molecule has 0 radical (unpaired) electrons. The van der Waals surface area contributed by atoms with Crippen molar-refractivity contribution >= 4 is 28.9 Å². The van der Waals surface area contributed by atoms with Crippen LogP contribution in [-0.2, 0) is 0 Å². The number of hydrogen-bond donors (Lipinski definition) is 2. The molecule has 1 fully saturated rings. The van der Waals surface area contributed by atoms with Gasteiger partial charge in [-0.15, -0.1) is 0 Å². The van der Waals surface area contributed by atoms with Gasteiger partial charge in [0.05, 0.1) is 11.7 Å². The predicted octanol–water partition coefficient (Wildman–Crippen LogP) is 4.66. The van der Waals surface area contributed by atoms with Crippen LogP contribution in [0.3, 0.4) is 0 Å². The minimum absolute atomic E-state index is 0.103. The van der Waals surface area contributed by atoms with Crippen molar-refractivity contribution in [3.63, 3.8) is 0 Å². The van der Waals surface area contributed by atoms with Gasteiger partial charge in [0.15, 0.2) is 5.11 Å². The van der Waals surface area contributed by atoms with E-state index in [0.717, 1.165) is 28.3 Å². The third-order valence-electron chi connectivity index (χ3n) is 5.13. The van der Waals surface area contributed by atoms with E-state index in [1.807, 2.05) is 55.5 Å². The molecule has 4 rings (SSSR count). The highest BCUT2D eigenvalue weighted by Gasteiger charge is 2.41. The molecule has 1 aliphatic rings. The van der Waals surface area contributed by atoms with Gasteiger partial charge < -0.3 is 19.7 Å². The zero-order chi connectivity index (χ0) is 20.4. The Morgan fingerprint density at radius 2 is 2.10 bits per heavy atom. The lowest BCUT2D eigenvalue weighted by Gasteiger charge is -2.25. The Labute approximate surface area is 180 Å². The Morgan fingerprint density at radius 1 is 1.24 bits per heavy atom. The fourth-order valence-electron chi connectivity index (χ4n) is 3.61. The van der Waals surface area contributed by atoms with Gasteiger partial charge >= 0.3 is 0 Å². The highest BCUT2D eigenvalue weighted by molar-refractivity contribution is 7.80. The number of aliphatic hydroxyl groups excluding tert-OH is 1. The van der Waals surface area contributed by atoms with Crippen molar-refractivity contribution in [2.24, 2.45) is 0 Å². The van der Waals surface area contributed by atoms with E-state index in [-0.39, 0.29) is 18.7 Å². The summed E-state index contributed by atoms with van der Waals surface area (Å²) in [5.74, 6) is 1.54. The van der Waals surface area contributed by atoms with E-state index < -0.39 is 0 Å². The molecular weight excluding hydrogens is 406 g/mol. The summed E-state index contributed by atoms with van der Waals surface area (Å²) in [6, 6.07) is 15.4. The van der Waals surface area contributed by atoms with Gasteiger partial charge in [0.2, 0.25) is 0 Å².